The molecule has 3 rings (SSSR count). The van der Waals surface area contributed by atoms with E-state index in [-0.39, 0.29) is 5.91 Å². The number of thiazole rings is 1. The van der Waals surface area contributed by atoms with Crippen LogP contribution in [0.5, 0.6) is 5.75 Å². The second kappa shape index (κ2) is 8.26. The van der Waals surface area contributed by atoms with E-state index in [0.29, 0.717) is 23.9 Å². The molecule has 0 atom stereocenters. The Bertz CT molecular complexity index is 680. The van der Waals surface area contributed by atoms with Crippen LogP contribution < -0.4 is 15.4 Å². The van der Waals surface area contributed by atoms with Crippen LogP contribution in [-0.4, -0.2) is 31.1 Å². The number of para-hydroxylation sites is 1. The normalized spacial score (nSPS) is 15.2. The van der Waals surface area contributed by atoms with Gasteiger partial charge in [-0.05, 0) is 49.9 Å². The van der Waals surface area contributed by atoms with Crippen molar-refractivity contribution >= 4 is 22.4 Å². The van der Waals surface area contributed by atoms with Crippen molar-refractivity contribution in [1.29, 1.82) is 0 Å². The maximum atomic E-state index is 12.2. The number of nitrogens with one attached hydrogen (secondary N) is 2. The minimum atomic E-state index is -0.00730. The number of hydrogen-bond acceptors (Lipinski definition) is 5. The van der Waals surface area contributed by atoms with Gasteiger partial charge in [-0.2, -0.15) is 0 Å². The molecule has 24 heavy (non-hydrogen) atoms. The second-order valence-electron chi connectivity index (χ2n) is 5.95. The van der Waals surface area contributed by atoms with Crippen LogP contribution in [0.4, 0.5) is 5.13 Å². The van der Waals surface area contributed by atoms with Gasteiger partial charge in [0.1, 0.15) is 5.75 Å². The summed E-state index contributed by atoms with van der Waals surface area (Å²) in [7, 11) is 1.65. The highest BCUT2D eigenvalue weighted by Gasteiger charge is 2.18. The molecular formula is C18H23N3O2S. The Hall–Kier alpha value is -1.92. The fourth-order valence-electron chi connectivity index (χ4n) is 2.98. The number of anilines is 1. The van der Waals surface area contributed by atoms with E-state index in [1.807, 2.05) is 30.5 Å². The summed E-state index contributed by atoms with van der Waals surface area (Å²) in [6.45, 7) is 2.12. The fraction of sp³-hybridized carbons (Fsp3) is 0.444. The summed E-state index contributed by atoms with van der Waals surface area (Å²) >= 11 is 1.60. The Morgan fingerprint density at radius 1 is 1.38 bits per heavy atom. The number of amides is 1. The SMILES string of the molecule is COc1ccccc1CCC(=O)Nc1ncc(C2CCNCC2)s1. The molecule has 1 aromatic carbocycles. The average molecular weight is 345 g/mol. The van der Waals surface area contributed by atoms with E-state index < -0.39 is 0 Å². The van der Waals surface area contributed by atoms with E-state index in [0.717, 1.165) is 37.2 Å². The van der Waals surface area contributed by atoms with Gasteiger partial charge in [0, 0.05) is 17.5 Å². The lowest BCUT2D eigenvalue weighted by atomic mass is 9.97. The lowest BCUT2D eigenvalue weighted by Gasteiger charge is -2.20. The van der Waals surface area contributed by atoms with Gasteiger partial charge in [-0.25, -0.2) is 4.98 Å². The highest BCUT2D eigenvalue weighted by molar-refractivity contribution is 7.15. The zero-order valence-electron chi connectivity index (χ0n) is 13.9. The average Bonchev–Trinajstić information content (AvgIpc) is 3.09. The Morgan fingerprint density at radius 2 is 2.17 bits per heavy atom. The third kappa shape index (κ3) is 4.33. The zero-order chi connectivity index (χ0) is 16.8. The number of methoxy groups -OCH3 is 1. The number of aromatic nitrogens is 1. The van der Waals surface area contributed by atoms with E-state index in [9.17, 15) is 4.79 Å². The van der Waals surface area contributed by atoms with Crippen LogP contribution in [-0.2, 0) is 11.2 Å². The quantitative estimate of drug-likeness (QED) is 0.844. The molecule has 6 heteroatoms. The molecule has 128 valence electrons. The largest absolute Gasteiger partial charge is 0.496 e. The molecule has 0 unspecified atom stereocenters. The molecule has 0 bridgehead atoms. The zero-order valence-corrected chi connectivity index (χ0v) is 14.7. The van der Waals surface area contributed by atoms with Gasteiger partial charge in [0.05, 0.1) is 7.11 Å². The number of benzene rings is 1. The van der Waals surface area contributed by atoms with Gasteiger partial charge in [0.25, 0.3) is 0 Å². The van der Waals surface area contributed by atoms with Gasteiger partial charge in [-0.1, -0.05) is 18.2 Å². The molecule has 1 aliphatic heterocycles. The number of carbonyl (C=O) groups excluding carboxylic acids is 1. The van der Waals surface area contributed by atoms with Crippen LogP contribution in [0.3, 0.4) is 0 Å². The predicted octanol–water partition coefficient (Wildman–Crippen LogP) is 3.19. The number of ether oxygens (including phenoxy) is 1. The molecule has 2 heterocycles. The number of carbonyl (C=O) groups is 1. The molecule has 0 aliphatic carbocycles. The Labute approximate surface area is 146 Å². The Morgan fingerprint density at radius 3 is 2.96 bits per heavy atom. The van der Waals surface area contributed by atoms with E-state index in [1.54, 1.807) is 18.4 Å². The molecule has 1 fully saturated rings. The first kappa shape index (κ1) is 16.9. The summed E-state index contributed by atoms with van der Waals surface area (Å²) in [6, 6.07) is 7.80. The van der Waals surface area contributed by atoms with Crippen LogP contribution in [0.15, 0.2) is 30.5 Å². The van der Waals surface area contributed by atoms with E-state index in [1.165, 1.54) is 4.88 Å². The van der Waals surface area contributed by atoms with E-state index in [2.05, 4.69) is 15.6 Å². The molecule has 5 nitrogen and oxygen atoms in total. The molecule has 0 radical (unpaired) electrons. The standard InChI is InChI=1S/C18H23N3O2S/c1-23-15-5-3-2-4-13(15)6-7-17(22)21-18-20-12-16(24-18)14-8-10-19-11-9-14/h2-5,12,14,19H,6-11H2,1H3,(H,20,21,22). The number of piperidine rings is 1. The van der Waals surface area contributed by atoms with Crippen molar-refractivity contribution in [2.45, 2.75) is 31.6 Å². The van der Waals surface area contributed by atoms with Crippen molar-refractivity contribution in [3.8, 4) is 5.75 Å². The summed E-state index contributed by atoms with van der Waals surface area (Å²) in [5.41, 5.74) is 1.05. The van der Waals surface area contributed by atoms with Gasteiger partial charge in [0.15, 0.2) is 5.13 Å². The van der Waals surface area contributed by atoms with Crippen LogP contribution in [0.1, 0.15) is 35.6 Å². The first-order chi connectivity index (χ1) is 11.8. The van der Waals surface area contributed by atoms with Crippen LogP contribution in [0, 0.1) is 0 Å². The van der Waals surface area contributed by atoms with Crippen LogP contribution in [0.25, 0.3) is 0 Å². The molecule has 1 aromatic heterocycles. The lowest BCUT2D eigenvalue weighted by molar-refractivity contribution is -0.116. The van der Waals surface area contributed by atoms with Crippen molar-refractivity contribution in [3.63, 3.8) is 0 Å². The first-order valence-electron chi connectivity index (χ1n) is 8.34. The van der Waals surface area contributed by atoms with Crippen LogP contribution >= 0.6 is 11.3 Å². The van der Waals surface area contributed by atoms with Gasteiger partial charge in [-0.3, -0.25) is 4.79 Å². The minimum Gasteiger partial charge on any atom is -0.496 e. The van der Waals surface area contributed by atoms with Crippen molar-refractivity contribution in [2.24, 2.45) is 0 Å². The molecule has 1 aliphatic rings. The number of nitrogens with zero attached hydrogens (tertiary/aromatic N) is 1. The number of aryl methyl sites for hydroxylation is 1. The molecule has 1 amide bonds. The molecule has 0 spiro atoms. The van der Waals surface area contributed by atoms with Gasteiger partial charge in [0.2, 0.25) is 5.91 Å². The number of hydrogen-bond donors (Lipinski definition) is 2. The topological polar surface area (TPSA) is 63.2 Å². The second-order valence-corrected chi connectivity index (χ2v) is 7.01. The third-order valence-corrected chi connectivity index (χ3v) is 5.40. The van der Waals surface area contributed by atoms with Crippen molar-refractivity contribution in [1.82, 2.24) is 10.3 Å². The first-order valence-corrected chi connectivity index (χ1v) is 9.16. The maximum absolute atomic E-state index is 12.2. The van der Waals surface area contributed by atoms with E-state index in [4.69, 9.17) is 4.74 Å². The summed E-state index contributed by atoms with van der Waals surface area (Å²) < 4.78 is 5.32. The molecule has 2 aromatic rings. The summed E-state index contributed by atoms with van der Waals surface area (Å²) in [5, 5.41) is 6.99. The monoisotopic (exact) mass is 345 g/mol. The van der Waals surface area contributed by atoms with Crippen molar-refractivity contribution in [3.05, 3.63) is 40.9 Å². The lowest BCUT2D eigenvalue weighted by Crippen LogP contribution is -2.26. The van der Waals surface area contributed by atoms with Crippen molar-refractivity contribution in [2.75, 3.05) is 25.5 Å². The Balaban J connectivity index is 1.52. The molecule has 0 saturated carbocycles. The smallest absolute Gasteiger partial charge is 0.226 e. The van der Waals surface area contributed by atoms with Gasteiger partial charge >= 0.3 is 0 Å². The van der Waals surface area contributed by atoms with Crippen molar-refractivity contribution < 1.29 is 9.53 Å². The maximum Gasteiger partial charge on any atom is 0.226 e. The van der Waals surface area contributed by atoms with Gasteiger partial charge in [-0.15, -0.1) is 11.3 Å². The molecule has 1 saturated heterocycles. The predicted molar refractivity (Wildman–Crippen MR) is 96.9 cm³/mol. The third-order valence-electron chi connectivity index (χ3n) is 4.33. The Kier molecular flexibility index (Phi) is 5.82. The highest BCUT2D eigenvalue weighted by atomic mass is 32.1. The minimum absolute atomic E-state index is 0.00730. The molecular weight excluding hydrogens is 322 g/mol. The van der Waals surface area contributed by atoms with E-state index >= 15 is 0 Å². The van der Waals surface area contributed by atoms with Gasteiger partial charge < -0.3 is 15.4 Å². The molecule has 2 N–H and O–H groups in total. The highest BCUT2D eigenvalue weighted by Crippen LogP contribution is 2.31. The summed E-state index contributed by atoms with van der Waals surface area (Å²) in [6.07, 6.45) is 5.27. The summed E-state index contributed by atoms with van der Waals surface area (Å²) in [4.78, 5) is 17.8. The van der Waals surface area contributed by atoms with Crippen LogP contribution in [0.2, 0.25) is 0 Å². The number of rotatable bonds is 6. The fourth-order valence-corrected chi connectivity index (χ4v) is 3.98. The summed E-state index contributed by atoms with van der Waals surface area (Å²) in [5.74, 6) is 1.39.